The van der Waals surface area contributed by atoms with E-state index in [1.807, 2.05) is 43.0 Å². The Labute approximate surface area is 158 Å². The maximum Gasteiger partial charge on any atom is 0.353 e. The summed E-state index contributed by atoms with van der Waals surface area (Å²) < 4.78 is 5.19. The Bertz CT molecular complexity index is 788. The first kappa shape index (κ1) is 18.7. The molecule has 2 aromatic rings. The minimum absolute atomic E-state index is 0.0402. The van der Waals surface area contributed by atoms with E-state index in [0.717, 1.165) is 24.5 Å². The lowest BCUT2D eigenvalue weighted by molar-refractivity contribution is -0.383. The summed E-state index contributed by atoms with van der Waals surface area (Å²) in [5.41, 5.74) is 1.04. The Morgan fingerprint density at radius 1 is 1.11 bits per heavy atom. The minimum Gasteiger partial charge on any atom is -0.497 e. The molecule has 1 aliphatic heterocycles. The second-order valence-corrected chi connectivity index (χ2v) is 6.62. The van der Waals surface area contributed by atoms with Crippen molar-refractivity contribution in [2.75, 3.05) is 48.4 Å². The van der Waals surface area contributed by atoms with E-state index in [1.165, 1.54) is 6.33 Å². The van der Waals surface area contributed by atoms with Crippen LogP contribution in [0.1, 0.15) is 13.8 Å². The van der Waals surface area contributed by atoms with E-state index in [9.17, 15) is 10.1 Å². The Hall–Kier alpha value is -3.10. The molecule has 144 valence electrons. The number of hydrogen-bond donors (Lipinski definition) is 1. The lowest BCUT2D eigenvalue weighted by atomic mass is 10.2. The second kappa shape index (κ2) is 8.07. The fraction of sp³-hybridized carbons (Fsp3) is 0.444. The van der Waals surface area contributed by atoms with Crippen LogP contribution < -0.4 is 19.9 Å². The predicted molar refractivity (Wildman–Crippen MR) is 105 cm³/mol. The van der Waals surface area contributed by atoms with Gasteiger partial charge in [0.05, 0.1) is 12.0 Å². The molecule has 1 fully saturated rings. The topological polar surface area (TPSA) is 96.7 Å². The van der Waals surface area contributed by atoms with Gasteiger partial charge in [0.1, 0.15) is 12.1 Å². The summed E-state index contributed by atoms with van der Waals surface area (Å²) in [6, 6.07) is 7.94. The van der Waals surface area contributed by atoms with Crippen LogP contribution in [0.4, 0.5) is 23.0 Å². The number of benzene rings is 1. The SMILES string of the molecule is COc1ccc(N2CCN(c3ncnc(NC(C)C)c3[N+](=O)[O-])CC2)cc1. The molecule has 27 heavy (non-hydrogen) atoms. The van der Waals surface area contributed by atoms with Gasteiger partial charge in [-0.15, -0.1) is 0 Å². The highest BCUT2D eigenvalue weighted by Crippen LogP contribution is 2.33. The van der Waals surface area contributed by atoms with E-state index in [2.05, 4.69) is 20.2 Å². The van der Waals surface area contributed by atoms with Crippen molar-refractivity contribution in [1.29, 1.82) is 0 Å². The maximum absolute atomic E-state index is 11.6. The van der Waals surface area contributed by atoms with Gasteiger partial charge in [0, 0.05) is 37.9 Å². The molecule has 0 unspecified atom stereocenters. The quantitative estimate of drug-likeness (QED) is 0.610. The molecule has 0 bridgehead atoms. The zero-order valence-electron chi connectivity index (χ0n) is 15.8. The molecule has 1 N–H and O–H groups in total. The summed E-state index contributed by atoms with van der Waals surface area (Å²) in [5, 5.41) is 14.7. The highest BCUT2D eigenvalue weighted by atomic mass is 16.6. The largest absolute Gasteiger partial charge is 0.497 e. The molecule has 9 heteroatoms. The molecule has 2 heterocycles. The number of nitrogens with zero attached hydrogens (tertiary/aromatic N) is 5. The Balaban J connectivity index is 1.76. The second-order valence-electron chi connectivity index (χ2n) is 6.62. The first-order valence-corrected chi connectivity index (χ1v) is 8.89. The van der Waals surface area contributed by atoms with Gasteiger partial charge in [0.25, 0.3) is 0 Å². The highest BCUT2D eigenvalue weighted by molar-refractivity contribution is 5.71. The third-order valence-corrected chi connectivity index (χ3v) is 4.43. The van der Waals surface area contributed by atoms with Crippen LogP contribution in [0.5, 0.6) is 5.75 Å². The normalized spacial score (nSPS) is 14.4. The van der Waals surface area contributed by atoms with Crippen molar-refractivity contribution >= 4 is 23.0 Å². The van der Waals surface area contributed by atoms with Crippen LogP contribution in [0.25, 0.3) is 0 Å². The van der Waals surface area contributed by atoms with E-state index in [1.54, 1.807) is 7.11 Å². The van der Waals surface area contributed by atoms with E-state index >= 15 is 0 Å². The first-order valence-electron chi connectivity index (χ1n) is 8.89. The summed E-state index contributed by atoms with van der Waals surface area (Å²) in [4.78, 5) is 23.7. The molecule has 1 saturated heterocycles. The number of nitrogens with one attached hydrogen (secondary N) is 1. The Kier molecular flexibility index (Phi) is 5.58. The van der Waals surface area contributed by atoms with Crippen molar-refractivity contribution in [2.24, 2.45) is 0 Å². The van der Waals surface area contributed by atoms with Crippen molar-refractivity contribution < 1.29 is 9.66 Å². The lowest BCUT2D eigenvalue weighted by Gasteiger charge is -2.36. The van der Waals surface area contributed by atoms with Crippen molar-refractivity contribution in [3.63, 3.8) is 0 Å². The van der Waals surface area contributed by atoms with E-state index in [0.29, 0.717) is 18.9 Å². The highest BCUT2D eigenvalue weighted by Gasteiger charge is 2.29. The van der Waals surface area contributed by atoms with Gasteiger partial charge in [-0.1, -0.05) is 0 Å². The fourth-order valence-corrected chi connectivity index (χ4v) is 3.12. The van der Waals surface area contributed by atoms with Crippen LogP contribution in [0, 0.1) is 10.1 Å². The molecule has 0 radical (unpaired) electrons. The molecular formula is C18H24N6O3. The first-order chi connectivity index (χ1) is 13.0. The molecular weight excluding hydrogens is 348 g/mol. The number of ether oxygens (including phenoxy) is 1. The average Bonchev–Trinajstić information content (AvgIpc) is 2.67. The van der Waals surface area contributed by atoms with Crippen LogP contribution in [0.15, 0.2) is 30.6 Å². The molecule has 0 aliphatic carbocycles. The standard InChI is InChI=1S/C18H24N6O3/c1-13(2)21-17-16(24(25)26)18(20-12-19-17)23-10-8-22(9-11-23)14-4-6-15(27-3)7-5-14/h4-7,12-13H,8-11H2,1-3H3,(H,19,20,21). The summed E-state index contributed by atoms with van der Waals surface area (Å²) in [6.45, 7) is 6.62. The smallest absolute Gasteiger partial charge is 0.353 e. The van der Waals surface area contributed by atoms with Gasteiger partial charge in [0.15, 0.2) is 0 Å². The molecule has 1 aromatic carbocycles. The number of piperazine rings is 1. The molecule has 9 nitrogen and oxygen atoms in total. The molecule has 3 rings (SSSR count). The molecule has 0 amide bonds. The molecule has 1 aromatic heterocycles. The number of rotatable bonds is 6. The van der Waals surface area contributed by atoms with Crippen molar-refractivity contribution in [2.45, 2.75) is 19.9 Å². The fourth-order valence-electron chi connectivity index (χ4n) is 3.12. The van der Waals surface area contributed by atoms with Crippen molar-refractivity contribution in [3.05, 3.63) is 40.7 Å². The summed E-state index contributed by atoms with van der Waals surface area (Å²) in [6.07, 6.45) is 1.38. The van der Waals surface area contributed by atoms with Gasteiger partial charge in [-0.3, -0.25) is 10.1 Å². The van der Waals surface area contributed by atoms with Crippen LogP contribution in [-0.4, -0.2) is 54.2 Å². The van der Waals surface area contributed by atoms with Crippen molar-refractivity contribution in [1.82, 2.24) is 9.97 Å². The van der Waals surface area contributed by atoms with Gasteiger partial charge in [0.2, 0.25) is 11.6 Å². The third-order valence-electron chi connectivity index (χ3n) is 4.43. The predicted octanol–water partition coefficient (Wildman–Crippen LogP) is 2.54. The molecule has 0 spiro atoms. The number of anilines is 3. The molecule has 0 saturated carbocycles. The maximum atomic E-state index is 11.6. The summed E-state index contributed by atoms with van der Waals surface area (Å²) >= 11 is 0. The van der Waals surface area contributed by atoms with Gasteiger partial charge < -0.3 is 19.9 Å². The Morgan fingerprint density at radius 3 is 2.30 bits per heavy atom. The number of hydrogen-bond acceptors (Lipinski definition) is 8. The monoisotopic (exact) mass is 372 g/mol. The van der Waals surface area contributed by atoms with Gasteiger partial charge in [-0.05, 0) is 38.1 Å². The van der Waals surface area contributed by atoms with Gasteiger partial charge >= 0.3 is 5.69 Å². The van der Waals surface area contributed by atoms with E-state index in [4.69, 9.17) is 4.74 Å². The number of methoxy groups -OCH3 is 1. The van der Waals surface area contributed by atoms with Crippen LogP contribution in [0.2, 0.25) is 0 Å². The van der Waals surface area contributed by atoms with Crippen LogP contribution in [0.3, 0.4) is 0 Å². The van der Waals surface area contributed by atoms with E-state index in [-0.39, 0.29) is 17.5 Å². The Morgan fingerprint density at radius 2 is 1.74 bits per heavy atom. The molecule has 0 atom stereocenters. The number of nitro groups is 1. The average molecular weight is 372 g/mol. The molecule has 1 aliphatic rings. The van der Waals surface area contributed by atoms with Gasteiger partial charge in [-0.25, -0.2) is 9.97 Å². The van der Waals surface area contributed by atoms with Gasteiger partial charge in [-0.2, -0.15) is 0 Å². The zero-order valence-corrected chi connectivity index (χ0v) is 15.8. The van der Waals surface area contributed by atoms with Crippen molar-refractivity contribution in [3.8, 4) is 5.75 Å². The summed E-state index contributed by atoms with van der Waals surface area (Å²) in [7, 11) is 1.64. The van der Waals surface area contributed by atoms with Crippen LogP contribution >= 0.6 is 0 Å². The van der Waals surface area contributed by atoms with E-state index < -0.39 is 4.92 Å². The van der Waals surface area contributed by atoms with Crippen LogP contribution in [-0.2, 0) is 0 Å². The summed E-state index contributed by atoms with van der Waals surface area (Å²) in [5.74, 6) is 1.45. The number of aromatic nitrogens is 2. The minimum atomic E-state index is -0.407. The third kappa shape index (κ3) is 4.18. The zero-order chi connectivity index (χ0) is 19.4. The lowest BCUT2D eigenvalue weighted by Crippen LogP contribution is -2.47.